The lowest BCUT2D eigenvalue weighted by Gasteiger charge is -2.37. The number of ether oxygens (including phenoxy) is 1. The van der Waals surface area contributed by atoms with E-state index in [-0.39, 0.29) is 23.8 Å². The molecule has 2 saturated heterocycles. The predicted molar refractivity (Wildman–Crippen MR) is 124 cm³/mol. The normalized spacial score (nSPS) is 18.2. The van der Waals surface area contributed by atoms with Crippen LogP contribution in [0.1, 0.15) is 41.6 Å². The van der Waals surface area contributed by atoms with Crippen LogP contribution in [0.25, 0.3) is 0 Å². The maximum atomic E-state index is 13.0. The van der Waals surface area contributed by atoms with E-state index >= 15 is 0 Å². The average Bonchev–Trinajstić information content (AvgIpc) is 2.83. The third kappa shape index (κ3) is 5.74. The van der Waals surface area contributed by atoms with Crippen molar-refractivity contribution in [2.24, 2.45) is 5.92 Å². The van der Waals surface area contributed by atoms with E-state index < -0.39 is 0 Å². The fraction of sp³-hybridized carbons (Fsp3) is 0.440. The first-order valence-corrected chi connectivity index (χ1v) is 11.9. The zero-order chi connectivity index (χ0) is 21.6. The SMILES string of the molecule is O=C(c1ccc(Br)cc1)N1CCC(C(=O)N2CCC(OCc3ccccc3)CC2)CC1. The summed E-state index contributed by atoms with van der Waals surface area (Å²) in [6.07, 6.45) is 3.48. The highest BCUT2D eigenvalue weighted by Crippen LogP contribution is 2.24. The number of rotatable bonds is 5. The highest BCUT2D eigenvalue weighted by Gasteiger charge is 2.32. The predicted octanol–water partition coefficient (Wildman–Crippen LogP) is 4.51. The Labute approximate surface area is 192 Å². The lowest BCUT2D eigenvalue weighted by Crippen LogP contribution is -2.47. The number of carbonyl (C=O) groups is 2. The van der Waals surface area contributed by atoms with Gasteiger partial charge in [0, 0.05) is 42.1 Å². The second-order valence-electron chi connectivity index (χ2n) is 8.39. The van der Waals surface area contributed by atoms with E-state index in [1.54, 1.807) is 0 Å². The Hall–Kier alpha value is -2.18. The van der Waals surface area contributed by atoms with Gasteiger partial charge in [-0.1, -0.05) is 46.3 Å². The van der Waals surface area contributed by atoms with Crippen molar-refractivity contribution in [3.8, 4) is 0 Å². The first-order valence-electron chi connectivity index (χ1n) is 11.1. The van der Waals surface area contributed by atoms with Gasteiger partial charge in [-0.3, -0.25) is 9.59 Å². The standard InChI is InChI=1S/C25H29BrN2O3/c26-22-8-6-20(7-9-22)24(29)27-14-10-21(11-15-27)25(30)28-16-12-23(13-17-28)31-18-19-4-2-1-3-5-19/h1-9,21,23H,10-18H2. The van der Waals surface area contributed by atoms with Gasteiger partial charge in [0.05, 0.1) is 12.7 Å². The summed E-state index contributed by atoms with van der Waals surface area (Å²) in [6.45, 7) is 3.43. The van der Waals surface area contributed by atoms with E-state index in [1.165, 1.54) is 5.56 Å². The summed E-state index contributed by atoms with van der Waals surface area (Å²) in [5, 5.41) is 0. The minimum atomic E-state index is 0.0238. The molecule has 0 bridgehead atoms. The van der Waals surface area contributed by atoms with E-state index in [0.29, 0.717) is 25.3 Å². The van der Waals surface area contributed by atoms with Crippen LogP contribution in [0, 0.1) is 5.92 Å². The molecule has 0 N–H and O–H groups in total. The van der Waals surface area contributed by atoms with Crippen LogP contribution >= 0.6 is 15.9 Å². The Balaban J connectivity index is 1.20. The summed E-state index contributed by atoms with van der Waals surface area (Å²) >= 11 is 3.40. The van der Waals surface area contributed by atoms with Crippen molar-refractivity contribution in [2.45, 2.75) is 38.4 Å². The fourth-order valence-electron chi connectivity index (χ4n) is 4.39. The van der Waals surface area contributed by atoms with Crippen LogP contribution in [0.5, 0.6) is 0 Å². The lowest BCUT2D eigenvalue weighted by molar-refractivity contribution is -0.139. The van der Waals surface area contributed by atoms with Gasteiger partial charge in [-0.05, 0) is 55.5 Å². The number of halogens is 1. The number of hydrogen-bond acceptors (Lipinski definition) is 3. The molecule has 0 aliphatic carbocycles. The molecule has 2 heterocycles. The smallest absolute Gasteiger partial charge is 0.253 e. The monoisotopic (exact) mass is 484 g/mol. The molecule has 5 nitrogen and oxygen atoms in total. The summed E-state index contributed by atoms with van der Waals surface area (Å²) in [4.78, 5) is 29.6. The molecule has 2 amide bonds. The van der Waals surface area contributed by atoms with Gasteiger partial charge in [0.25, 0.3) is 5.91 Å². The molecule has 6 heteroatoms. The van der Waals surface area contributed by atoms with Crippen LogP contribution in [0.3, 0.4) is 0 Å². The van der Waals surface area contributed by atoms with Gasteiger partial charge in [-0.2, -0.15) is 0 Å². The minimum absolute atomic E-state index is 0.0238. The lowest BCUT2D eigenvalue weighted by atomic mass is 9.93. The molecule has 2 aromatic carbocycles. The van der Waals surface area contributed by atoms with Crippen molar-refractivity contribution in [3.63, 3.8) is 0 Å². The summed E-state index contributed by atoms with van der Waals surface area (Å²) in [5.41, 5.74) is 1.89. The van der Waals surface area contributed by atoms with E-state index in [2.05, 4.69) is 28.1 Å². The zero-order valence-corrected chi connectivity index (χ0v) is 19.3. The molecule has 0 atom stereocenters. The van der Waals surface area contributed by atoms with Crippen LogP contribution in [0.15, 0.2) is 59.1 Å². The molecule has 0 unspecified atom stereocenters. The zero-order valence-electron chi connectivity index (χ0n) is 17.7. The molecule has 4 rings (SSSR count). The highest BCUT2D eigenvalue weighted by molar-refractivity contribution is 9.10. The molecule has 2 fully saturated rings. The Bertz CT molecular complexity index is 871. The van der Waals surface area contributed by atoms with Gasteiger partial charge in [0.2, 0.25) is 5.91 Å². The summed E-state index contributed by atoms with van der Waals surface area (Å²) < 4.78 is 7.01. The van der Waals surface area contributed by atoms with Gasteiger partial charge in [0.1, 0.15) is 0 Å². The first-order chi connectivity index (χ1) is 15.1. The Kier molecular flexibility index (Phi) is 7.41. The van der Waals surface area contributed by atoms with Crippen molar-refractivity contribution < 1.29 is 14.3 Å². The van der Waals surface area contributed by atoms with Crippen molar-refractivity contribution in [2.75, 3.05) is 26.2 Å². The maximum Gasteiger partial charge on any atom is 0.253 e. The molecule has 31 heavy (non-hydrogen) atoms. The molecule has 0 spiro atoms. The number of likely N-dealkylation sites (tertiary alicyclic amines) is 2. The second-order valence-corrected chi connectivity index (χ2v) is 9.31. The van der Waals surface area contributed by atoms with E-state index in [0.717, 1.165) is 43.2 Å². The number of amides is 2. The van der Waals surface area contributed by atoms with E-state index in [1.807, 2.05) is 52.3 Å². The van der Waals surface area contributed by atoms with Crippen molar-refractivity contribution in [3.05, 3.63) is 70.2 Å². The number of piperidine rings is 2. The quantitative estimate of drug-likeness (QED) is 0.627. The van der Waals surface area contributed by atoms with Gasteiger partial charge >= 0.3 is 0 Å². The fourth-order valence-corrected chi connectivity index (χ4v) is 4.66. The molecular weight excluding hydrogens is 456 g/mol. The third-order valence-corrected chi connectivity index (χ3v) is 6.83. The largest absolute Gasteiger partial charge is 0.373 e. The van der Waals surface area contributed by atoms with Gasteiger partial charge in [-0.15, -0.1) is 0 Å². The molecule has 2 aliphatic rings. The Morgan fingerprint density at radius 2 is 1.45 bits per heavy atom. The average molecular weight is 485 g/mol. The van der Waals surface area contributed by atoms with Gasteiger partial charge < -0.3 is 14.5 Å². The molecule has 0 saturated carbocycles. The number of hydrogen-bond donors (Lipinski definition) is 0. The first kappa shape index (κ1) is 22.0. The van der Waals surface area contributed by atoms with E-state index in [4.69, 9.17) is 4.74 Å². The van der Waals surface area contributed by atoms with Crippen molar-refractivity contribution in [1.82, 2.24) is 9.80 Å². The minimum Gasteiger partial charge on any atom is -0.373 e. The number of benzene rings is 2. The molecular formula is C25H29BrN2O3. The summed E-state index contributed by atoms with van der Waals surface area (Å²) in [5.74, 6) is 0.322. The van der Waals surface area contributed by atoms with Crippen molar-refractivity contribution >= 4 is 27.7 Å². The van der Waals surface area contributed by atoms with Gasteiger partial charge in [0.15, 0.2) is 0 Å². The highest BCUT2D eigenvalue weighted by atomic mass is 79.9. The number of carbonyl (C=O) groups excluding carboxylic acids is 2. The van der Waals surface area contributed by atoms with Crippen LogP contribution in [-0.2, 0) is 16.1 Å². The molecule has 164 valence electrons. The topological polar surface area (TPSA) is 49.9 Å². The Morgan fingerprint density at radius 1 is 0.839 bits per heavy atom. The Morgan fingerprint density at radius 3 is 2.10 bits per heavy atom. The van der Waals surface area contributed by atoms with E-state index in [9.17, 15) is 9.59 Å². The van der Waals surface area contributed by atoms with Gasteiger partial charge in [-0.25, -0.2) is 0 Å². The molecule has 0 radical (unpaired) electrons. The van der Waals surface area contributed by atoms with Crippen LogP contribution in [0.4, 0.5) is 0 Å². The maximum absolute atomic E-state index is 13.0. The van der Waals surface area contributed by atoms with Crippen LogP contribution < -0.4 is 0 Å². The van der Waals surface area contributed by atoms with Crippen LogP contribution in [0.2, 0.25) is 0 Å². The molecule has 2 aliphatic heterocycles. The number of nitrogens with zero attached hydrogens (tertiary/aromatic N) is 2. The second kappa shape index (κ2) is 10.4. The summed E-state index contributed by atoms with van der Waals surface area (Å²) in [6, 6.07) is 17.7. The third-order valence-electron chi connectivity index (χ3n) is 6.30. The molecule has 0 aromatic heterocycles. The summed E-state index contributed by atoms with van der Waals surface area (Å²) in [7, 11) is 0. The molecule has 2 aromatic rings. The van der Waals surface area contributed by atoms with Crippen molar-refractivity contribution in [1.29, 1.82) is 0 Å². The van der Waals surface area contributed by atoms with Crippen LogP contribution in [-0.4, -0.2) is 53.9 Å².